The van der Waals surface area contributed by atoms with Gasteiger partial charge in [0.05, 0.1) is 5.69 Å². The molecule has 0 saturated carbocycles. The van der Waals surface area contributed by atoms with Gasteiger partial charge in [0, 0.05) is 7.11 Å². The second-order valence-electron chi connectivity index (χ2n) is 2.91. The van der Waals surface area contributed by atoms with Gasteiger partial charge in [-0.2, -0.15) is 0 Å². The van der Waals surface area contributed by atoms with Crippen molar-refractivity contribution in [2.75, 3.05) is 19.0 Å². The molecule has 0 unspecified atom stereocenters. The molecule has 0 aliphatic heterocycles. The lowest BCUT2D eigenvalue weighted by Gasteiger charge is -2.08. The largest absolute Gasteiger partial charge is 0.375 e. The number of para-hydroxylation sites is 1. The summed E-state index contributed by atoms with van der Waals surface area (Å²) in [6.45, 7) is 1.65. The maximum absolute atomic E-state index is 13.2. The molecule has 3 nitrogen and oxygen atoms in total. The molecule has 0 radical (unpaired) electrons. The lowest BCUT2D eigenvalue weighted by atomic mass is 10.2. The first-order valence-electron chi connectivity index (χ1n) is 4.19. The summed E-state index contributed by atoms with van der Waals surface area (Å²) in [6.07, 6.45) is 0. The van der Waals surface area contributed by atoms with Crippen molar-refractivity contribution in [3.63, 3.8) is 0 Å². The van der Waals surface area contributed by atoms with Gasteiger partial charge >= 0.3 is 0 Å². The Hall–Kier alpha value is -1.42. The zero-order valence-electron chi connectivity index (χ0n) is 8.13. The maximum Gasteiger partial charge on any atom is 0.250 e. The Kier molecular flexibility index (Phi) is 3.59. The van der Waals surface area contributed by atoms with Gasteiger partial charge in [0.15, 0.2) is 0 Å². The van der Waals surface area contributed by atoms with Gasteiger partial charge in [-0.05, 0) is 18.6 Å². The van der Waals surface area contributed by atoms with Crippen LogP contribution in [-0.2, 0) is 9.53 Å². The van der Waals surface area contributed by atoms with Gasteiger partial charge in [-0.1, -0.05) is 12.1 Å². The summed E-state index contributed by atoms with van der Waals surface area (Å²) in [6, 6.07) is 4.62. The normalized spacial score (nSPS) is 9.93. The highest BCUT2D eigenvalue weighted by Crippen LogP contribution is 2.18. The summed E-state index contributed by atoms with van der Waals surface area (Å²) in [5.41, 5.74) is 0.906. The van der Waals surface area contributed by atoms with Crippen LogP contribution in [-0.4, -0.2) is 19.6 Å². The monoisotopic (exact) mass is 197 g/mol. The third-order valence-electron chi connectivity index (χ3n) is 1.76. The number of hydrogen-bond donors (Lipinski definition) is 1. The SMILES string of the molecule is COCC(=O)Nc1c(C)cccc1F. The summed E-state index contributed by atoms with van der Waals surface area (Å²) in [4.78, 5) is 11.1. The van der Waals surface area contributed by atoms with E-state index >= 15 is 0 Å². The third kappa shape index (κ3) is 2.53. The quantitative estimate of drug-likeness (QED) is 0.801. The predicted molar refractivity (Wildman–Crippen MR) is 51.6 cm³/mol. The Labute approximate surface area is 81.9 Å². The van der Waals surface area contributed by atoms with E-state index in [1.807, 2.05) is 0 Å². The van der Waals surface area contributed by atoms with Crippen molar-refractivity contribution in [3.05, 3.63) is 29.6 Å². The third-order valence-corrected chi connectivity index (χ3v) is 1.76. The number of halogens is 1. The van der Waals surface area contributed by atoms with Gasteiger partial charge in [0.1, 0.15) is 12.4 Å². The summed E-state index contributed by atoms with van der Waals surface area (Å²) in [5.74, 6) is -0.796. The van der Waals surface area contributed by atoms with E-state index in [0.29, 0.717) is 5.56 Å². The molecule has 0 spiro atoms. The number of carbonyl (C=O) groups excluding carboxylic acids is 1. The minimum Gasteiger partial charge on any atom is -0.375 e. The zero-order valence-corrected chi connectivity index (χ0v) is 8.13. The number of anilines is 1. The average molecular weight is 197 g/mol. The van der Waals surface area contributed by atoms with E-state index in [2.05, 4.69) is 10.1 Å². The van der Waals surface area contributed by atoms with Crippen LogP contribution in [0, 0.1) is 12.7 Å². The molecule has 1 aromatic carbocycles. The van der Waals surface area contributed by atoms with Gasteiger partial charge < -0.3 is 10.1 Å². The number of methoxy groups -OCH3 is 1. The van der Waals surface area contributed by atoms with Crippen molar-refractivity contribution >= 4 is 11.6 Å². The Balaban J connectivity index is 2.80. The van der Waals surface area contributed by atoms with Gasteiger partial charge in [-0.3, -0.25) is 4.79 Å². The molecular formula is C10H12FNO2. The number of aryl methyl sites for hydroxylation is 1. The molecule has 0 aliphatic rings. The van der Waals surface area contributed by atoms with Gasteiger partial charge in [-0.15, -0.1) is 0 Å². The highest BCUT2D eigenvalue weighted by Gasteiger charge is 2.08. The van der Waals surface area contributed by atoms with Crippen LogP contribution in [0.1, 0.15) is 5.56 Å². The first-order valence-corrected chi connectivity index (χ1v) is 4.19. The van der Waals surface area contributed by atoms with Gasteiger partial charge in [0.25, 0.3) is 0 Å². The lowest BCUT2D eigenvalue weighted by molar-refractivity contribution is -0.119. The van der Waals surface area contributed by atoms with Crippen LogP contribution in [0.4, 0.5) is 10.1 Å². The Morgan fingerprint density at radius 3 is 2.86 bits per heavy atom. The number of ether oxygens (including phenoxy) is 1. The van der Waals surface area contributed by atoms with Crippen molar-refractivity contribution < 1.29 is 13.9 Å². The van der Waals surface area contributed by atoms with Crippen LogP contribution in [0.2, 0.25) is 0 Å². The first-order chi connectivity index (χ1) is 6.65. The molecule has 0 fully saturated rings. The zero-order chi connectivity index (χ0) is 10.6. The molecule has 0 bridgehead atoms. The maximum atomic E-state index is 13.2. The van der Waals surface area contributed by atoms with E-state index in [1.54, 1.807) is 19.1 Å². The van der Waals surface area contributed by atoms with E-state index < -0.39 is 5.82 Å². The van der Waals surface area contributed by atoms with Crippen molar-refractivity contribution in [3.8, 4) is 0 Å². The van der Waals surface area contributed by atoms with E-state index in [4.69, 9.17) is 0 Å². The standard InChI is InChI=1S/C10H12FNO2/c1-7-4-3-5-8(11)10(7)12-9(13)6-14-2/h3-5H,6H2,1-2H3,(H,12,13). The molecule has 76 valence electrons. The molecule has 1 aromatic rings. The van der Waals surface area contributed by atoms with Crippen molar-refractivity contribution in [1.29, 1.82) is 0 Å². The first kappa shape index (κ1) is 10.7. The van der Waals surface area contributed by atoms with Crippen LogP contribution < -0.4 is 5.32 Å². The topological polar surface area (TPSA) is 38.3 Å². The molecule has 1 amide bonds. The number of carbonyl (C=O) groups is 1. The summed E-state index contributed by atoms with van der Waals surface area (Å²) < 4.78 is 17.8. The number of amides is 1. The van der Waals surface area contributed by atoms with Crippen LogP contribution in [0.15, 0.2) is 18.2 Å². The highest BCUT2D eigenvalue weighted by atomic mass is 19.1. The van der Waals surface area contributed by atoms with Crippen molar-refractivity contribution in [2.45, 2.75) is 6.92 Å². The van der Waals surface area contributed by atoms with Crippen LogP contribution in [0.25, 0.3) is 0 Å². The number of hydrogen-bond acceptors (Lipinski definition) is 2. The molecule has 1 rings (SSSR count). The number of nitrogens with one attached hydrogen (secondary N) is 1. The summed E-state index contributed by atoms with van der Waals surface area (Å²) in [7, 11) is 1.41. The van der Waals surface area contributed by atoms with E-state index in [9.17, 15) is 9.18 Å². The van der Waals surface area contributed by atoms with Crippen LogP contribution in [0.3, 0.4) is 0 Å². The van der Waals surface area contributed by atoms with Gasteiger partial charge in [0.2, 0.25) is 5.91 Å². The number of rotatable bonds is 3. The number of benzene rings is 1. The Morgan fingerprint density at radius 2 is 2.29 bits per heavy atom. The lowest BCUT2D eigenvalue weighted by Crippen LogP contribution is -2.18. The molecule has 14 heavy (non-hydrogen) atoms. The molecular weight excluding hydrogens is 185 g/mol. The Morgan fingerprint density at radius 1 is 1.57 bits per heavy atom. The molecule has 0 atom stereocenters. The fourth-order valence-corrected chi connectivity index (χ4v) is 1.10. The van der Waals surface area contributed by atoms with Crippen molar-refractivity contribution in [2.24, 2.45) is 0 Å². The summed E-state index contributed by atoms with van der Waals surface area (Å²) >= 11 is 0. The Bertz CT molecular complexity index is 319. The van der Waals surface area contributed by atoms with Crippen molar-refractivity contribution in [1.82, 2.24) is 0 Å². The van der Waals surface area contributed by atoms with Crippen LogP contribution in [0.5, 0.6) is 0 Å². The fraction of sp³-hybridized carbons (Fsp3) is 0.300. The van der Waals surface area contributed by atoms with Gasteiger partial charge in [-0.25, -0.2) is 4.39 Å². The molecule has 0 aromatic heterocycles. The highest BCUT2D eigenvalue weighted by molar-refractivity contribution is 5.92. The second kappa shape index (κ2) is 4.72. The fourth-order valence-electron chi connectivity index (χ4n) is 1.10. The van der Waals surface area contributed by atoms with E-state index in [0.717, 1.165) is 0 Å². The molecule has 1 N–H and O–H groups in total. The molecule has 0 aliphatic carbocycles. The summed E-state index contributed by atoms with van der Waals surface area (Å²) in [5, 5.41) is 2.44. The second-order valence-corrected chi connectivity index (χ2v) is 2.91. The predicted octanol–water partition coefficient (Wildman–Crippen LogP) is 1.72. The molecule has 0 heterocycles. The average Bonchev–Trinajstić information content (AvgIpc) is 2.12. The minimum atomic E-state index is -0.436. The smallest absolute Gasteiger partial charge is 0.250 e. The van der Waals surface area contributed by atoms with E-state index in [1.165, 1.54) is 13.2 Å². The van der Waals surface area contributed by atoms with E-state index in [-0.39, 0.29) is 18.2 Å². The van der Waals surface area contributed by atoms with Crippen LogP contribution >= 0.6 is 0 Å². The molecule has 0 saturated heterocycles. The molecule has 4 heteroatoms. The minimum absolute atomic E-state index is 0.0756.